The van der Waals surface area contributed by atoms with Crippen molar-refractivity contribution in [1.29, 1.82) is 0 Å². The molecule has 0 aliphatic heterocycles. The van der Waals surface area contributed by atoms with E-state index in [1.54, 1.807) is 42.5 Å². The fraction of sp³-hybridized carbons (Fsp3) is 0.105. The van der Waals surface area contributed by atoms with E-state index in [1.807, 2.05) is 5.38 Å². The summed E-state index contributed by atoms with van der Waals surface area (Å²) in [6.07, 6.45) is 0.690. The van der Waals surface area contributed by atoms with Gasteiger partial charge in [0.05, 0.1) is 15.7 Å². The van der Waals surface area contributed by atoms with Crippen molar-refractivity contribution in [3.05, 3.63) is 74.2 Å². The molecule has 2 aromatic carbocycles. The topological polar surface area (TPSA) is 71.1 Å². The molecule has 0 saturated heterocycles. The molecule has 0 bridgehead atoms. The smallest absolute Gasteiger partial charge is 0.257 e. The number of thiazole rings is 1. The fourth-order valence-electron chi connectivity index (χ4n) is 2.29. The SMILES string of the molecule is O=C(CCc1csc(NC(=O)c2ccc(Cl)cc2)n1)Nc1ccc(Cl)c(Cl)c1. The van der Waals surface area contributed by atoms with Crippen molar-refractivity contribution in [1.82, 2.24) is 4.98 Å². The van der Waals surface area contributed by atoms with Crippen LogP contribution in [0.25, 0.3) is 0 Å². The molecule has 5 nitrogen and oxygen atoms in total. The van der Waals surface area contributed by atoms with E-state index in [-0.39, 0.29) is 18.2 Å². The lowest BCUT2D eigenvalue weighted by Gasteiger charge is -2.05. The maximum Gasteiger partial charge on any atom is 0.257 e. The summed E-state index contributed by atoms with van der Waals surface area (Å²) < 4.78 is 0. The van der Waals surface area contributed by atoms with E-state index in [2.05, 4.69) is 15.6 Å². The zero-order valence-corrected chi connectivity index (χ0v) is 17.4. The van der Waals surface area contributed by atoms with Gasteiger partial charge in [-0.3, -0.25) is 14.9 Å². The Hall–Kier alpha value is -2.12. The third kappa shape index (κ3) is 5.69. The predicted molar refractivity (Wildman–Crippen MR) is 115 cm³/mol. The van der Waals surface area contributed by atoms with E-state index in [4.69, 9.17) is 34.8 Å². The number of amides is 2. The van der Waals surface area contributed by atoms with Crippen LogP contribution in [0.15, 0.2) is 47.8 Å². The molecule has 0 spiro atoms. The summed E-state index contributed by atoms with van der Waals surface area (Å²) in [5, 5.41) is 9.14. The molecular weight excluding hydrogens is 441 g/mol. The standard InChI is InChI=1S/C19H14Cl3N3O2S/c20-12-3-1-11(2-4-12)18(27)25-19-24-14(10-28-19)6-8-17(26)23-13-5-7-15(21)16(22)9-13/h1-5,7,9-10H,6,8H2,(H,23,26)(H,24,25,27). The molecule has 0 fully saturated rings. The molecule has 1 heterocycles. The minimum atomic E-state index is -0.269. The summed E-state index contributed by atoms with van der Waals surface area (Å²) in [6, 6.07) is 11.5. The van der Waals surface area contributed by atoms with Crippen LogP contribution in [0, 0.1) is 0 Å². The normalized spacial score (nSPS) is 10.5. The average Bonchev–Trinajstić information content (AvgIpc) is 3.11. The molecule has 2 amide bonds. The number of rotatable bonds is 6. The summed E-state index contributed by atoms with van der Waals surface area (Å²) in [6.45, 7) is 0. The number of halogens is 3. The van der Waals surface area contributed by atoms with Crippen LogP contribution in [0.3, 0.4) is 0 Å². The van der Waals surface area contributed by atoms with Crippen LogP contribution in [0.2, 0.25) is 15.1 Å². The largest absolute Gasteiger partial charge is 0.326 e. The van der Waals surface area contributed by atoms with E-state index in [9.17, 15) is 9.59 Å². The minimum absolute atomic E-state index is 0.168. The summed E-state index contributed by atoms with van der Waals surface area (Å²) in [5.74, 6) is -0.437. The number of carbonyl (C=O) groups excluding carboxylic acids is 2. The number of anilines is 2. The molecule has 144 valence electrons. The Morgan fingerprint density at radius 3 is 2.43 bits per heavy atom. The molecule has 0 radical (unpaired) electrons. The molecule has 9 heteroatoms. The van der Waals surface area contributed by atoms with Crippen LogP contribution >= 0.6 is 46.1 Å². The van der Waals surface area contributed by atoms with Crippen molar-refractivity contribution in [3.8, 4) is 0 Å². The van der Waals surface area contributed by atoms with E-state index < -0.39 is 0 Å². The first-order valence-electron chi connectivity index (χ1n) is 8.17. The highest BCUT2D eigenvalue weighted by atomic mass is 35.5. The van der Waals surface area contributed by atoms with E-state index in [0.717, 1.165) is 5.69 Å². The van der Waals surface area contributed by atoms with Gasteiger partial charge in [-0.2, -0.15) is 0 Å². The summed E-state index contributed by atoms with van der Waals surface area (Å²) in [4.78, 5) is 28.6. The number of aromatic nitrogens is 1. The van der Waals surface area contributed by atoms with Gasteiger partial charge >= 0.3 is 0 Å². The van der Waals surface area contributed by atoms with Crippen molar-refractivity contribution < 1.29 is 9.59 Å². The monoisotopic (exact) mass is 453 g/mol. The van der Waals surface area contributed by atoms with E-state index in [1.165, 1.54) is 11.3 Å². The molecule has 3 aromatic rings. The lowest BCUT2D eigenvalue weighted by molar-refractivity contribution is -0.116. The molecule has 0 aliphatic rings. The van der Waals surface area contributed by atoms with E-state index in [0.29, 0.717) is 37.9 Å². The Labute approximate surface area is 180 Å². The van der Waals surface area contributed by atoms with Crippen molar-refractivity contribution in [2.75, 3.05) is 10.6 Å². The molecule has 2 N–H and O–H groups in total. The van der Waals surface area contributed by atoms with Gasteiger partial charge in [-0.25, -0.2) is 4.98 Å². The highest BCUT2D eigenvalue weighted by Gasteiger charge is 2.11. The zero-order valence-electron chi connectivity index (χ0n) is 14.3. The minimum Gasteiger partial charge on any atom is -0.326 e. The summed E-state index contributed by atoms with van der Waals surface area (Å²) >= 11 is 18.9. The third-order valence-corrected chi connectivity index (χ3v) is 5.49. The fourth-order valence-corrected chi connectivity index (χ4v) is 3.45. The van der Waals surface area contributed by atoms with Crippen molar-refractivity contribution in [3.63, 3.8) is 0 Å². The Balaban J connectivity index is 1.51. The van der Waals surface area contributed by atoms with Gasteiger partial charge in [0.2, 0.25) is 5.91 Å². The van der Waals surface area contributed by atoms with E-state index >= 15 is 0 Å². The van der Waals surface area contributed by atoms with Crippen molar-refractivity contribution in [2.24, 2.45) is 0 Å². The van der Waals surface area contributed by atoms with Gasteiger partial charge in [-0.1, -0.05) is 34.8 Å². The first kappa shape index (κ1) is 20.6. The highest BCUT2D eigenvalue weighted by molar-refractivity contribution is 7.14. The lowest BCUT2D eigenvalue weighted by atomic mass is 10.2. The van der Waals surface area contributed by atoms with Crippen molar-refractivity contribution >= 4 is 68.8 Å². The number of hydrogen-bond acceptors (Lipinski definition) is 4. The summed E-state index contributed by atoms with van der Waals surface area (Å²) in [7, 11) is 0. The quantitative estimate of drug-likeness (QED) is 0.485. The molecule has 0 unspecified atom stereocenters. The molecule has 1 aromatic heterocycles. The molecule has 0 aliphatic carbocycles. The zero-order chi connectivity index (χ0) is 20.1. The highest BCUT2D eigenvalue weighted by Crippen LogP contribution is 2.25. The van der Waals surface area contributed by atoms with Gasteiger partial charge in [-0.15, -0.1) is 11.3 Å². The van der Waals surface area contributed by atoms with Gasteiger partial charge in [0.1, 0.15) is 0 Å². The first-order valence-corrected chi connectivity index (χ1v) is 10.2. The second kappa shape index (κ2) is 9.39. The number of nitrogens with zero attached hydrogens (tertiary/aromatic N) is 1. The van der Waals surface area contributed by atoms with Crippen LogP contribution in [0.5, 0.6) is 0 Å². The number of nitrogens with one attached hydrogen (secondary N) is 2. The van der Waals surface area contributed by atoms with Crippen LogP contribution in [-0.4, -0.2) is 16.8 Å². The number of carbonyl (C=O) groups is 2. The van der Waals surface area contributed by atoms with Gasteiger partial charge in [-0.05, 0) is 48.9 Å². The first-order chi connectivity index (χ1) is 13.4. The second-order valence-electron chi connectivity index (χ2n) is 5.78. The van der Waals surface area contributed by atoms with Crippen LogP contribution in [-0.2, 0) is 11.2 Å². The second-order valence-corrected chi connectivity index (χ2v) is 7.89. The number of aryl methyl sites for hydroxylation is 1. The number of hydrogen-bond donors (Lipinski definition) is 2. The molecule has 3 rings (SSSR count). The van der Waals surface area contributed by atoms with Gasteiger partial charge in [0.25, 0.3) is 5.91 Å². The van der Waals surface area contributed by atoms with Gasteiger partial charge in [0, 0.05) is 28.1 Å². The number of benzene rings is 2. The van der Waals surface area contributed by atoms with Gasteiger partial charge in [0.15, 0.2) is 5.13 Å². The Kier molecular flexibility index (Phi) is 6.91. The Bertz CT molecular complexity index is 1010. The lowest BCUT2D eigenvalue weighted by Crippen LogP contribution is -2.13. The van der Waals surface area contributed by atoms with Crippen LogP contribution < -0.4 is 10.6 Å². The molecular formula is C19H14Cl3N3O2S. The van der Waals surface area contributed by atoms with Gasteiger partial charge < -0.3 is 5.32 Å². The molecule has 0 saturated carbocycles. The maximum absolute atomic E-state index is 12.2. The van der Waals surface area contributed by atoms with Crippen LogP contribution in [0.1, 0.15) is 22.5 Å². The predicted octanol–water partition coefficient (Wildman–Crippen LogP) is 5.93. The van der Waals surface area contributed by atoms with Crippen LogP contribution in [0.4, 0.5) is 10.8 Å². The average molecular weight is 455 g/mol. The maximum atomic E-state index is 12.2. The molecule has 28 heavy (non-hydrogen) atoms. The van der Waals surface area contributed by atoms with Crippen molar-refractivity contribution in [2.45, 2.75) is 12.8 Å². The molecule has 0 atom stereocenters. The summed E-state index contributed by atoms with van der Waals surface area (Å²) in [5.41, 5.74) is 1.79. The Morgan fingerprint density at radius 1 is 0.964 bits per heavy atom. The third-order valence-electron chi connectivity index (χ3n) is 3.69. The Morgan fingerprint density at radius 2 is 1.71 bits per heavy atom.